The molecule has 0 aliphatic rings. The predicted octanol–water partition coefficient (Wildman–Crippen LogP) is 2.81. The van der Waals surface area contributed by atoms with E-state index in [4.69, 9.17) is 27.9 Å². The van der Waals surface area contributed by atoms with Gasteiger partial charge >= 0.3 is 7.60 Å². The maximum Gasteiger partial charge on any atom is 0.359 e. The van der Waals surface area contributed by atoms with Gasteiger partial charge in [0.1, 0.15) is 11.1 Å². The second-order valence-electron chi connectivity index (χ2n) is 4.47. The first-order valence-electron chi connectivity index (χ1n) is 6.30. The third kappa shape index (κ3) is 4.96. The van der Waals surface area contributed by atoms with Gasteiger partial charge in [0.2, 0.25) is 0 Å². The fourth-order valence-electron chi connectivity index (χ4n) is 1.74. The van der Waals surface area contributed by atoms with E-state index in [2.05, 4.69) is 5.32 Å². The van der Waals surface area contributed by atoms with Gasteiger partial charge in [-0.15, -0.1) is 0 Å². The molecule has 23 heavy (non-hydrogen) atoms. The van der Waals surface area contributed by atoms with Crippen molar-refractivity contribution in [3.63, 3.8) is 0 Å². The molecule has 2 rings (SSSR count). The summed E-state index contributed by atoms with van der Waals surface area (Å²) in [6.07, 6.45) is 0. The summed E-state index contributed by atoms with van der Waals surface area (Å²) < 4.78 is 16.5. The van der Waals surface area contributed by atoms with E-state index < -0.39 is 20.1 Å². The highest BCUT2D eigenvalue weighted by Crippen LogP contribution is 2.37. The Bertz CT molecular complexity index is 778. The Morgan fingerprint density at radius 1 is 1.17 bits per heavy atom. The van der Waals surface area contributed by atoms with Crippen LogP contribution >= 0.6 is 30.8 Å². The van der Waals surface area contributed by atoms with Crippen molar-refractivity contribution in [3.05, 3.63) is 52.5 Å². The fraction of sp³-hybridized carbons (Fsp3) is 0.0714. The number of para-hydroxylation sites is 1. The Labute approximate surface area is 142 Å². The van der Waals surface area contributed by atoms with E-state index in [0.717, 1.165) is 0 Å². The van der Waals surface area contributed by atoms with Crippen LogP contribution in [0, 0.1) is 0 Å². The van der Waals surface area contributed by atoms with Gasteiger partial charge in [-0.1, -0.05) is 35.3 Å². The topological polar surface area (TPSA) is 95.9 Å². The van der Waals surface area contributed by atoms with Crippen LogP contribution in [0.1, 0.15) is 0 Å². The molecule has 9 heteroatoms. The zero-order valence-electron chi connectivity index (χ0n) is 11.6. The molecular formula is C14H12Cl2NO5P. The lowest BCUT2D eigenvalue weighted by atomic mass is 10.3. The lowest BCUT2D eigenvalue weighted by Gasteiger charge is -2.12. The quantitative estimate of drug-likeness (QED) is 0.698. The minimum absolute atomic E-state index is 0.0572. The molecular weight excluding hydrogens is 364 g/mol. The molecule has 2 aromatic carbocycles. The second-order valence-corrected chi connectivity index (χ2v) is 6.89. The first-order valence-corrected chi connectivity index (χ1v) is 8.67. The Kier molecular flexibility index (Phi) is 5.68. The predicted molar refractivity (Wildman–Crippen MR) is 88.7 cm³/mol. The summed E-state index contributed by atoms with van der Waals surface area (Å²) in [5, 5.41) is 2.93. The highest BCUT2D eigenvalue weighted by atomic mass is 35.5. The first-order chi connectivity index (χ1) is 10.8. The van der Waals surface area contributed by atoms with Gasteiger partial charge in [-0.25, -0.2) is 0 Å². The van der Waals surface area contributed by atoms with Crippen LogP contribution in [-0.2, 0) is 9.36 Å². The van der Waals surface area contributed by atoms with Gasteiger partial charge in [0.05, 0.1) is 10.7 Å². The molecule has 0 fully saturated rings. The maximum absolute atomic E-state index is 11.9. The van der Waals surface area contributed by atoms with Crippen molar-refractivity contribution >= 4 is 47.7 Å². The van der Waals surface area contributed by atoms with Crippen LogP contribution in [0.4, 0.5) is 5.69 Å². The number of benzene rings is 2. The molecule has 0 atom stereocenters. The molecule has 0 bridgehead atoms. The van der Waals surface area contributed by atoms with E-state index in [-0.39, 0.29) is 16.1 Å². The summed E-state index contributed by atoms with van der Waals surface area (Å²) in [6, 6.07) is 10.2. The normalized spacial score (nSPS) is 11.1. The van der Waals surface area contributed by atoms with Crippen LogP contribution < -0.4 is 15.4 Å². The molecule has 0 aliphatic heterocycles. The molecule has 0 saturated heterocycles. The standard InChI is InChI=1S/C14H12Cl2NO5P/c15-9-5-6-11(10(16)7-9)17-14(18)8-22-12-3-1-2-4-13(12)23(19,20)21/h1-7H,8H2,(H,17,18)(H2,19,20,21). The van der Waals surface area contributed by atoms with E-state index >= 15 is 0 Å². The molecule has 0 saturated carbocycles. The number of anilines is 1. The molecule has 0 radical (unpaired) electrons. The summed E-state index contributed by atoms with van der Waals surface area (Å²) in [5.74, 6) is -0.590. The fourth-order valence-corrected chi connectivity index (χ4v) is 2.90. The molecule has 0 aromatic heterocycles. The van der Waals surface area contributed by atoms with E-state index in [9.17, 15) is 19.1 Å². The van der Waals surface area contributed by atoms with E-state index in [1.54, 1.807) is 12.1 Å². The van der Waals surface area contributed by atoms with Gasteiger partial charge in [0.15, 0.2) is 6.61 Å². The van der Waals surface area contributed by atoms with E-state index in [1.165, 1.54) is 30.3 Å². The minimum Gasteiger partial charge on any atom is -0.483 e. The van der Waals surface area contributed by atoms with Crippen LogP contribution in [0.25, 0.3) is 0 Å². The average molecular weight is 376 g/mol. The zero-order chi connectivity index (χ0) is 17.0. The number of ether oxygens (including phenoxy) is 1. The monoisotopic (exact) mass is 375 g/mol. The Morgan fingerprint density at radius 2 is 1.87 bits per heavy atom. The smallest absolute Gasteiger partial charge is 0.359 e. The summed E-state index contributed by atoms with van der Waals surface area (Å²) in [6.45, 7) is -0.435. The number of amides is 1. The Balaban J connectivity index is 2.04. The lowest BCUT2D eigenvalue weighted by molar-refractivity contribution is -0.118. The molecule has 0 heterocycles. The van der Waals surface area contributed by atoms with Gasteiger partial charge in [0, 0.05) is 5.02 Å². The number of carbonyl (C=O) groups is 1. The minimum atomic E-state index is -4.49. The molecule has 1 amide bonds. The first kappa shape index (κ1) is 17.8. The number of carbonyl (C=O) groups excluding carboxylic acids is 1. The van der Waals surface area contributed by atoms with E-state index in [1.807, 2.05) is 0 Å². The van der Waals surface area contributed by atoms with Crippen LogP contribution in [0.15, 0.2) is 42.5 Å². The van der Waals surface area contributed by atoms with Crippen LogP contribution in [0.5, 0.6) is 5.75 Å². The van der Waals surface area contributed by atoms with Crippen LogP contribution in [0.2, 0.25) is 10.0 Å². The molecule has 2 aromatic rings. The molecule has 6 nitrogen and oxygen atoms in total. The summed E-state index contributed by atoms with van der Waals surface area (Å²) in [7, 11) is -4.49. The number of hydrogen-bond acceptors (Lipinski definition) is 3. The van der Waals surface area contributed by atoms with Gasteiger partial charge in [0.25, 0.3) is 5.91 Å². The molecule has 3 N–H and O–H groups in total. The van der Waals surface area contributed by atoms with Crippen molar-refractivity contribution in [2.45, 2.75) is 0 Å². The van der Waals surface area contributed by atoms with Crippen molar-refractivity contribution < 1.29 is 23.9 Å². The number of halogens is 2. The molecule has 0 unspecified atom stereocenters. The average Bonchev–Trinajstić information content (AvgIpc) is 2.47. The highest BCUT2D eigenvalue weighted by molar-refractivity contribution is 7.60. The zero-order valence-corrected chi connectivity index (χ0v) is 14.0. The third-order valence-corrected chi connectivity index (χ3v) is 4.29. The van der Waals surface area contributed by atoms with Gasteiger partial charge in [-0.2, -0.15) is 0 Å². The summed E-state index contributed by atoms with van der Waals surface area (Å²) >= 11 is 11.7. The Morgan fingerprint density at radius 3 is 2.52 bits per heavy atom. The van der Waals surface area contributed by atoms with Crippen molar-refractivity contribution in [1.29, 1.82) is 0 Å². The largest absolute Gasteiger partial charge is 0.483 e. The van der Waals surface area contributed by atoms with Crippen molar-refractivity contribution in [1.82, 2.24) is 0 Å². The number of nitrogens with one attached hydrogen (secondary N) is 1. The molecule has 0 aliphatic carbocycles. The van der Waals surface area contributed by atoms with Crippen molar-refractivity contribution in [2.75, 3.05) is 11.9 Å². The number of rotatable bonds is 5. The van der Waals surface area contributed by atoms with Crippen molar-refractivity contribution in [3.8, 4) is 5.75 Å². The number of hydrogen-bond donors (Lipinski definition) is 3. The van der Waals surface area contributed by atoms with Crippen LogP contribution in [0.3, 0.4) is 0 Å². The van der Waals surface area contributed by atoms with Gasteiger partial charge in [-0.05, 0) is 30.3 Å². The lowest BCUT2D eigenvalue weighted by Crippen LogP contribution is -2.22. The van der Waals surface area contributed by atoms with Gasteiger partial charge < -0.3 is 19.8 Å². The highest BCUT2D eigenvalue weighted by Gasteiger charge is 2.22. The molecule has 122 valence electrons. The summed E-state index contributed by atoms with van der Waals surface area (Å²) in [4.78, 5) is 30.3. The maximum atomic E-state index is 11.9. The SMILES string of the molecule is O=C(COc1ccccc1P(=O)(O)O)Nc1ccc(Cl)cc1Cl. The van der Waals surface area contributed by atoms with Crippen molar-refractivity contribution in [2.24, 2.45) is 0 Å². The van der Waals surface area contributed by atoms with E-state index in [0.29, 0.717) is 10.7 Å². The molecule has 0 spiro atoms. The third-order valence-electron chi connectivity index (χ3n) is 2.74. The second kappa shape index (κ2) is 7.34. The Hall–Kier alpha value is -1.56. The summed E-state index contributed by atoms with van der Waals surface area (Å²) in [5.41, 5.74) is 0.355. The van der Waals surface area contributed by atoms with Gasteiger partial charge in [-0.3, -0.25) is 9.36 Å². The van der Waals surface area contributed by atoms with Crippen LogP contribution in [-0.4, -0.2) is 22.3 Å².